The molecule has 0 bridgehead atoms. The van der Waals surface area contributed by atoms with E-state index in [-0.39, 0.29) is 0 Å². The molecule has 0 rings (SSSR count). The third-order valence-corrected chi connectivity index (χ3v) is 1.90. The zero-order chi connectivity index (χ0) is 11.1. The molecule has 0 aromatic carbocycles. The van der Waals surface area contributed by atoms with Gasteiger partial charge >= 0.3 is 0 Å². The molecule has 0 aromatic heterocycles. The van der Waals surface area contributed by atoms with E-state index in [9.17, 15) is 4.79 Å². The Morgan fingerprint density at radius 1 is 1.21 bits per heavy atom. The summed E-state index contributed by atoms with van der Waals surface area (Å²) < 4.78 is 0. The van der Waals surface area contributed by atoms with Crippen LogP contribution in [0.1, 0.15) is 6.92 Å². The van der Waals surface area contributed by atoms with Crippen LogP contribution in [0.5, 0.6) is 0 Å². The molecule has 0 atom stereocenters. The van der Waals surface area contributed by atoms with E-state index in [1.807, 2.05) is 0 Å². The van der Waals surface area contributed by atoms with Crippen molar-refractivity contribution in [1.29, 1.82) is 0 Å². The molecule has 0 heterocycles. The third kappa shape index (κ3) is 3.58. The Hall–Kier alpha value is -1.34. The van der Waals surface area contributed by atoms with Gasteiger partial charge in [-0.1, -0.05) is 38.0 Å². The first kappa shape index (κ1) is 12.7. The van der Waals surface area contributed by atoms with Crippen LogP contribution in [0.25, 0.3) is 0 Å². The van der Waals surface area contributed by atoms with Gasteiger partial charge in [0.25, 0.3) is 5.24 Å². The van der Waals surface area contributed by atoms with Gasteiger partial charge in [0.05, 0.1) is 0 Å². The van der Waals surface area contributed by atoms with Crippen LogP contribution >= 0.6 is 11.6 Å². The third-order valence-electron chi connectivity index (χ3n) is 1.69. The zero-order valence-electron chi connectivity index (χ0n) is 8.22. The number of carbonyl (C=O) groups excluding carboxylic acids is 1. The van der Waals surface area contributed by atoms with Crippen LogP contribution in [0.2, 0.25) is 0 Å². The molecular weight excluding hydrogens is 196 g/mol. The standard InChI is InChI=1S/C12H13ClO/c1-5-9(4)10(6-2)8-11(7-3)12(13)14/h5-8H,1-2,4H2,3H3/b10-8-,11-7+. The number of hydrogen-bond donors (Lipinski definition) is 0. The normalized spacial score (nSPS) is 12.1. The molecule has 0 saturated carbocycles. The Bertz CT molecular complexity index is 332. The predicted molar refractivity (Wildman–Crippen MR) is 62.2 cm³/mol. The Morgan fingerprint density at radius 3 is 2.07 bits per heavy atom. The summed E-state index contributed by atoms with van der Waals surface area (Å²) in [5.74, 6) is 0. The molecule has 2 heteroatoms. The fourth-order valence-electron chi connectivity index (χ4n) is 0.822. The van der Waals surface area contributed by atoms with E-state index < -0.39 is 5.24 Å². The van der Waals surface area contributed by atoms with E-state index in [0.717, 1.165) is 5.57 Å². The second-order valence-electron chi connectivity index (χ2n) is 2.55. The summed E-state index contributed by atoms with van der Waals surface area (Å²) in [6.07, 6.45) is 6.47. The summed E-state index contributed by atoms with van der Waals surface area (Å²) >= 11 is 5.35. The molecule has 0 aliphatic carbocycles. The maximum atomic E-state index is 10.9. The first-order valence-corrected chi connectivity index (χ1v) is 4.46. The minimum atomic E-state index is -0.497. The number of halogens is 1. The highest BCUT2D eigenvalue weighted by Crippen LogP contribution is 2.14. The lowest BCUT2D eigenvalue weighted by Gasteiger charge is -2.01. The molecule has 1 nitrogen and oxygen atoms in total. The monoisotopic (exact) mass is 208 g/mol. The van der Waals surface area contributed by atoms with Crippen LogP contribution in [-0.2, 0) is 4.79 Å². The van der Waals surface area contributed by atoms with Crippen molar-refractivity contribution in [2.75, 3.05) is 0 Å². The lowest BCUT2D eigenvalue weighted by atomic mass is 10.1. The second kappa shape index (κ2) is 6.17. The van der Waals surface area contributed by atoms with Crippen molar-refractivity contribution in [1.82, 2.24) is 0 Å². The molecule has 0 amide bonds. The van der Waals surface area contributed by atoms with Crippen LogP contribution in [0, 0.1) is 0 Å². The highest BCUT2D eigenvalue weighted by Gasteiger charge is 2.03. The summed E-state index contributed by atoms with van der Waals surface area (Å²) in [6, 6.07) is 0. The fraction of sp³-hybridized carbons (Fsp3) is 0.0833. The molecule has 0 aliphatic heterocycles. The Morgan fingerprint density at radius 2 is 1.79 bits per heavy atom. The Balaban J connectivity index is 5.11. The number of allylic oxidation sites excluding steroid dienone is 7. The van der Waals surface area contributed by atoms with E-state index in [0.29, 0.717) is 11.1 Å². The largest absolute Gasteiger partial charge is 0.276 e. The van der Waals surface area contributed by atoms with Crippen molar-refractivity contribution in [3.63, 3.8) is 0 Å². The van der Waals surface area contributed by atoms with Gasteiger partial charge in [0.15, 0.2) is 0 Å². The predicted octanol–water partition coefficient (Wildman–Crippen LogP) is 3.55. The number of hydrogen-bond acceptors (Lipinski definition) is 1. The lowest BCUT2D eigenvalue weighted by Crippen LogP contribution is -1.91. The van der Waals surface area contributed by atoms with Crippen LogP contribution in [0.15, 0.2) is 60.8 Å². The van der Waals surface area contributed by atoms with Crippen molar-refractivity contribution in [2.45, 2.75) is 6.92 Å². The van der Waals surface area contributed by atoms with Gasteiger partial charge in [0.1, 0.15) is 0 Å². The lowest BCUT2D eigenvalue weighted by molar-refractivity contribution is -0.108. The molecule has 0 fully saturated rings. The van der Waals surface area contributed by atoms with Crippen LogP contribution in [-0.4, -0.2) is 5.24 Å². The SMILES string of the molecule is C=CC(=C)/C(C=C)=C\C(=C/C)C(=O)Cl. The van der Waals surface area contributed by atoms with Gasteiger partial charge in [0, 0.05) is 5.57 Å². The molecule has 0 saturated heterocycles. The summed E-state index contributed by atoms with van der Waals surface area (Å²) in [4.78, 5) is 10.9. The maximum Gasteiger partial charge on any atom is 0.252 e. The molecule has 0 spiro atoms. The summed E-state index contributed by atoms with van der Waals surface area (Å²) in [5, 5.41) is -0.497. The topological polar surface area (TPSA) is 17.1 Å². The van der Waals surface area contributed by atoms with E-state index >= 15 is 0 Å². The van der Waals surface area contributed by atoms with Crippen molar-refractivity contribution >= 4 is 16.8 Å². The van der Waals surface area contributed by atoms with Gasteiger partial charge in [-0.3, -0.25) is 4.79 Å². The van der Waals surface area contributed by atoms with Crippen molar-refractivity contribution < 1.29 is 4.79 Å². The van der Waals surface area contributed by atoms with Crippen LogP contribution in [0.4, 0.5) is 0 Å². The van der Waals surface area contributed by atoms with Crippen molar-refractivity contribution in [2.24, 2.45) is 0 Å². The first-order chi connectivity index (χ1) is 6.56. The summed E-state index contributed by atoms with van der Waals surface area (Å²) in [7, 11) is 0. The number of carbonyl (C=O) groups is 1. The molecular formula is C12H13ClO. The minimum absolute atomic E-state index is 0.421. The summed E-state index contributed by atoms with van der Waals surface area (Å²) in [6.45, 7) is 12.7. The van der Waals surface area contributed by atoms with Crippen LogP contribution in [0.3, 0.4) is 0 Å². The molecule has 0 unspecified atom stereocenters. The van der Waals surface area contributed by atoms with Gasteiger partial charge in [-0.2, -0.15) is 0 Å². The van der Waals surface area contributed by atoms with Crippen LogP contribution < -0.4 is 0 Å². The van der Waals surface area contributed by atoms with Gasteiger partial charge in [0.2, 0.25) is 0 Å². The minimum Gasteiger partial charge on any atom is -0.276 e. The van der Waals surface area contributed by atoms with Gasteiger partial charge in [-0.25, -0.2) is 0 Å². The Labute approximate surface area is 89.8 Å². The van der Waals surface area contributed by atoms with Crippen molar-refractivity contribution in [3.05, 3.63) is 60.8 Å². The molecule has 0 aromatic rings. The maximum absolute atomic E-state index is 10.9. The smallest absolute Gasteiger partial charge is 0.252 e. The number of rotatable bonds is 5. The average molecular weight is 209 g/mol. The quantitative estimate of drug-likeness (QED) is 0.384. The van der Waals surface area contributed by atoms with Gasteiger partial charge in [-0.15, -0.1) is 0 Å². The van der Waals surface area contributed by atoms with Gasteiger partial charge < -0.3 is 0 Å². The highest BCUT2D eigenvalue weighted by atomic mass is 35.5. The molecule has 0 N–H and O–H groups in total. The molecule has 74 valence electrons. The highest BCUT2D eigenvalue weighted by molar-refractivity contribution is 6.68. The summed E-state index contributed by atoms with van der Waals surface area (Å²) in [5.41, 5.74) is 1.86. The average Bonchev–Trinajstić information content (AvgIpc) is 2.18. The van der Waals surface area contributed by atoms with E-state index in [2.05, 4.69) is 19.7 Å². The molecule has 14 heavy (non-hydrogen) atoms. The van der Waals surface area contributed by atoms with E-state index in [1.165, 1.54) is 0 Å². The zero-order valence-corrected chi connectivity index (χ0v) is 8.97. The van der Waals surface area contributed by atoms with E-state index in [1.54, 1.807) is 31.2 Å². The fourth-order valence-corrected chi connectivity index (χ4v) is 0.985. The molecule has 0 aliphatic rings. The van der Waals surface area contributed by atoms with Gasteiger partial charge in [-0.05, 0) is 35.7 Å². The van der Waals surface area contributed by atoms with Crippen molar-refractivity contribution in [3.8, 4) is 0 Å². The Kier molecular flexibility index (Phi) is 5.58. The van der Waals surface area contributed by atoms with E-state index in [4.69, 9.17) is 11.6 Å². The molecule has 0 radical (unpaired) electrons. The second-order valence-corrected chi connectivity index (χ2v) is 2.89. The first-order valence-electron chi connectivity index (χ1n) is 4.08.